The Bertz CT molecular complexity index is 612. The summed E-state index contributed by atoms with van der Waals surface area (Å²) in [4.78, 5) is 31.9. The standard InChI is InChI=1S/C16H21N3O3/c1-10(2)12-9-22-16-5-7-18(13(16)8-14(20)19(12)16)15(21)11-4-3-6-17-11/h3-4,6,10,12-13,17H,5,7-9H2,1-2H3/t12-,13+,16-/m0/s1. The van der Waals surface area contributed by atoms with Crippen LogP contribution in [0.4, 0.5) is 0 Å². The molecular formula is C16H21N3O3. The average molecular weight is 303 g/mol. The number of aromatic amines is 1. The molecule has 0 saturated carbocycles. The van der Waals surface area contributed by atoms with Gasteiger partial charge in [-0.1, -0.05) is 13.8 Å². The predicted molar refractivity (Wildman–Crippen MR) is 79.0 cm³/mol. The van der Waals surface area contributed by atoms with Crippen molar-refractivity contribution in [2.75, 3.05) is 13.2 Å². The number of amides is 2. The number of carbonyl (C=O) groups excluding carboxylic acids is 2. The molecule has 1 N–H and O–H groups in total. The molecule has 3 aliphatic heterocycles. The van der Waals surface area contributed by atoms with Gasteiger partial charge in [-0.3, -0.25) is 9.59 Å². The first-order valence-corrected chi connectivity index (χ1v) is 7.95. The van der Waals surface area contributed by atoms with Crippen molar-refractivity contribution in [1.29, 1.82) is 0 Å². The Balaban J connectivity index is 1.65. The number of ether oxygens (including phenoxy) is 1. The van der Waals surface area contributed by atoms with Crippen molar-refractivity contribution >= 4 is 11.8 Å². The van der Waals surface area contributed by atoms with E-state index in [1.165, 1.54) is 0 Å². The molecule has 4 rings (SSSR count). The Morgan fingerprint density at radius 2 is 2.32 bits per heavy atom. The molecular weight excluding hydrogens is 282 g/mol. The third-order valence-corrected chi connectivity index (χ3v) is 5.35. The van der Waals surface area contributed by atoms with E-state index in [-0.39, 0.29) is 23.9 Å². The number of carbonyl (C=O) groups is 2. The number of hydrogen-bond donors (Lipinski definition) is 1. The summed E-state index contributed by atoms with van der Waals surface area (Å²) in [6.07, 6.45) is 2.82. The van der Waals surface area contributed by atoms with Crippen molar-refractivity contribution in [1.82, 2.24) is 14.8 Å². The van der Waals surface area contributed by atoms with Gasteiger partial charge in [-0.05, 0) is 18.1 Å². The van der Waals surface area contributed by atoms with E-state index in [4.69, 9.17) is 4.74 Å². The summed E-state index contributed by atoms with van der Waals surface area (Å²) in [6, 6.07) is 3.54. The van der Waals surface area contributed by atoms with E-state index >= 15 is 0 Å². The number of likely N-dealkylation sites (tertiary alicyclic amines) is 1. The van der Waals surface area contributed by atoms with Gasteiger partial charge in [0.15, 0.2) is 5.72 Å². The molecule has 118 valence electrons. The van der Waals surface area contributed by atoms with Crippen molar-refractivity contribution in [3.05, 3.63) is 24.0 Å². The minimum atomic E-state index is -0.589. The minimum absolute atomic E-state index is 0.0434. The molecule has 3 aliphatic rings. The quantitative estimate of drug-likeness (QED) is 0.893. The number of hydrogen-bond acceptors (Lipinski definition) is 3. The van der Waals surface area contributed by atoms with Crippen LogP contribution in [0.15, 0.2) is 18.3 Å². The topological polar surface area (TPSA) is 65.6 Å². The SMILES string of the molecule is CC(C)[C@@H]1CO[C@@]23CCN(C(=O)c4ccc[nH]4)[C@@H]2CC(=O)N13. The molecule has 6 heteroatoms. The van der Waals surface area contributed by atoms with Gasteiger partial charge in [0.2, 0.25) is 5.91 Å². The highest BCUT2D eigenvalue weighted by Crippen LogP contribution is 2.49. The van der Waals surface area contributed by atoms with Gasteiger partial charge >= 0.3 is 0 Å². The Hall–Kier alpha value is -1.82. The first-order chi connectivity index (χ1) is 10.5. The number of H-pyrrole nitrogens is 1. The van der Waals surface area contributed by atoms with Crippen LogP contribution in [0.3, 0.4) is 0 Å². The Morgan fingerprint density at radius 3 is 3.00 bits per heavy atom. The van der Waals surface area contributed by atoms with Gasteiger partial charge in [0.1, 0.15) is 5.69 Å². The van der Waals surface area contributed by atoms with Crippen LogP contribution in [0.1, 0.15) is 37.2 Å². The van der Waals surface area contributed by atoms with Crippen molar-refractivity contribution in [3.8, 4) is 0 Å². The van der Waals surface area contributed by atoms with Gasteiger partial charge in [0.05, 0.1) is 25.1 Å². The first kappa shape index (κ1) is 13.8. The lowest BCUT2D eigenvalue weighted by atomic mass is 10.0. The Labute approximate surface area is 129 Å². The van der Waals surface area contributed by atoms with Crippen LogP contribution < -0.4 is 0 Å². The van der Waals surface area contributed by atoms with Gasteiger partial charge in [-0.25, -0.2) is 0 Å². The van der Waals surface area contributed by atoms with Crippen molar-refractivity contribution in [2.45, 2.75) is 44.5 Å². The van der Waals surface area contributed by atoms with E-state index < -0.39 is 5.72 Å². The summed E-state index contributed by atoms with van der Waals surface area (Å²) < 4.78 is 6.13. The molecule has 0 aliphatic carbocycles. The zero-order valence-electron chi connectivity index (χ0n) is 12.9. The van der Waals surface area contributed by atoms with Crippen LogP contribution in [-0.2, 0) is 9.53 Å². The fourth-order valence-electron chi connectivity index (χ4n) is 4.23. The number of nitrogens with zero attached hydrogens (tertiary/aromatic N) is 2. The van der Waals surface area contributed by atoms with Gasteiger partial charge in [-0.2, -0.15) is 0 Å². The summed E-state index contributed by atoms with van der Waals surface area (Å²) in [5.41, 5.74) is -0.0183. The van der Waals surface area contributed by atoms with E-state index in [1.54, 1.807) is 12.3 Å². The second-order valence-corrected chi connectivity index (χ2v) is 6.78. The summed E-state index contributed by atoms with van der Waals surface area (Å²) in [6.45, 7) is 5.44. The zero-order chi connectivity index (χ0) is 15.5. The highest BCUT2D eigenvalue weighted by atomic mass is 16.5. The predicted octanol–water partition coefficient (Wildman–Crippen LogP) is 1.21. The molecule has 0 bridgehead atoms. The van der Waals surface area contributed by atoms with E-state index in [9.17, 15) is 9.59 Å². The lowest BCUT2D eigenvalue weighted by Gasteiger charge is -2.34. The van der Waals surface area contributed by atoms with Crippen LogP contribution in [0, 0.1) is 5.92 Å². The molecule has 22 heavy (non-hydrogen) atoms. The molecule has 0 aromatic carbocycles. The second kappa shape index (κ2) is 4.59. The fraction of sp³-hybridized carbons (Fsp3) is 0.625. The largest absolute Gasteiger partial charge is 0.357 e. The summed E-state index contributed by atoms with van der Waals surface area (Å²) in [5.74, 6) is 0.429. The number of nitrogens with one attached hydrogen (secondary N) is 1. The van der Waals surface area contributed by atoms with Gasteiger partial charge in [-0.15, -0.1) is 0 Å². The van der Waals surface area contributed by atoms with Gasteiger partial charge in [0.25, 0.3) is 5.91 Å². The molecule has 1 spiro atoms. The molecule has 3 fully saturated rings. The van der Waals surface area contributed by atoms with Crippen LogP contribution in [0.5, 0.6) is 0 Å². The smallest absolute Gasteiger partial charge is 0.270 e. The van der Waals surface area contributed by atoms with Crippen LogP contribution in [-0.4, -0.2) is 57.6 Å². The zero-order valence-corrected chi connectivity index (χ0v) is 12.9. The van der Waals surface area contributed by atoms with Gasteiger partial charge < -0.3 is 19.5 Å². The molecule has 1 aromatic rings. The van der Waals surface area contributed by atoms with E-state index in [2.05, 4.69) is 18.8 Å². The van der Waals surface area contributed by atoms with Crippen molar-refractivity contribution < 1.29 is 14.3 Å². The molecule has 0 radical (unpaired) electrons. The maximum atomic E-state index is 12.7. The highest BCUT2D eigenvalue weighted by Gasteiger charge is 2.65. The lowest BCUT2D eigenvalue weighted by molar-refractivity contribution is -0.139. The third-order valence-electron chi connectivity index (χ3n) is 5.35. The molecule has 2 amide bonds. The molecule has 6 nitrogen and oxygen atoms in total. The fourth-order valence-corrected chi connectivity index (χ4v) is 4.23. The normalized spacial score (nSPS) is 33.7. The molecule has 1 aromatic heterocycles. The second-order valence-electron chi connectivity index (χ2n) is 6.78. The molecule has 0 unspecified atom stereocenters. The molecule has 3 saturated heterocycles. The van der Waals surface area contributed by atoms with Crippen molar-refractivity contribution in [3.63, 3.8) is 0 Å². The molecule has 4 heterocycles. The Morgan fingerprint density at radius 1 is 1.50 bits per heavy atom. The number of rotatable bonds is 2. The van der Waals surface area contributed by atoms with E-state index in [0.717, 1.165) is 0 Å². The minimum Gasteiger partial charge on any atom is -0.357 e. The monoisotopic (exact) mass is 303 g/mol. The molecule has 3 atom stereocenters. The maximum Gasteiger partial charge on any atom is 0.270 e. The number of aromatic nitrogens is 1. The van der Waals surface area contributed by atoms with Crippen LogP contribution >= 0.6 is 0 Å². The van der Waals surface area contributed by atoms with E-state index in [1.807, 2.05) is 15.9 Å². The Kier molecular flexibility index (Phi) is 2.88. The third kappa shape index (κ3) is 1.64. The lowest BCUT2D eigenvalue weighted by Crippen LogP contribution is -2.51. The summed E-state index contributed by atoms with van der Waals surface area (Å²) >= 11 is 0. The van der Waals surface area contributed by atoms with E-state index in [0.29, 0.717) is 37.6 Å². The average Bonchev–Trinajstić information content (AvgIpc) is 3.20. The summed E-state index contributed by atoms with van der Waals surface area (Å²) in [5, 5.41) is 0. The first-order valence-electron chi connectivity index (χ1n) is 7.95. The summed E-state index contributed by atoms with van der Waals surface area (Å²) in [7, 11) is 0. The highest BCUT2D eigenvalue weighted by molar-refractivity contribution is 5.94. The van der Waals surface area contributed by atoms with Crippen molar-refractivity contribution in [2.24, 2.45) is 5.92 Å². The van der Waals surface area contributed by atoms with Crippen LogP contribution in [0.2, 0.25) is 0 Å². The van der Waals surface area contributed by atoms with Crippen LogP contribution in [0.25, 0.3) is 0 Å². The maximum absolute atomic E-state index is 12.7. The van der Waals surface area contributed by atoms with Gasteiger partial charge in [0, 0.05) is 19.2 Å².